The fourth-order valence-electron chi connectivity index (χ4n) is 2.43. The van der Waals surface area contributed by atoms with E-state index >= 15 is 0 Å². The summed E-state index contributed by atoms with van der Waals surface area (Å²) in [7, 11) is 1.72. The Labute approximate surface area is 126 Å². The number of nitrogens with zero attached hydrogens (tertiary/aromatic N) is 2. The Morgan fingerprint density at radius 1 is 1.38 bits per heavy atom. The lowest BCUT2D eigenvalue weighted by atomic mass is 10.2. The third-order valence-electron chi connectivity index (χ3n) is 4.02. The summed E-state index contributed by atoms with van der Waals surface area (Å²) in [6.07, 6.45) is 0.449. The summed E-state index contributed by atoms with van der Waals surface area (Å²) in [4.78, 5) is 29.3. The van der Waals surface area contributed by atoms with Gasteiger partial charge in [-0.3, -0.25) is 9.59 Å². The van der Waals surface area contributed by atoms with Gasteiger partial charge in [0.25, 0.3) is 0 Å². The van der Waals surface area contributed by atoms with Crippen LogP contribution in [0, 0.1) is 11.8 Å². The van der Waals surface area contributed by atoms with Crippen LogP contribution in [-0.2, 0) is 9.59 Å². The molecule has 0 saturated heterocycles. The first-order valence-corrected chi connectivity index (χ1v) is 7.65. The maximum atomic E-state index is 12.3. The van der Waals surface area contributed by atoms with E-state index in [1.807, 2.05) is 31.2 Å². The van der Waals surface area contributed by atoms with Crippen molar-refractivity contribution in [3.05, 3.63) is 29.3 Å². The number of carboxylic acids is 1. The standard InChI is InChI=1S/C15H16N2O3S/c1-8(13-16-11-5-3-4-6-12(11)21-13)17(2)14(18)9-7-10(9)15(19)20/h3-6,8-10H,7H2,1-2H3,(H,19,20). The van der Waals surface area contributed by atoms with E-state index < -0.39 is 11.9 Å². The lowest BCUT2D eigenvalue weighted by Gasteiger charge is -2.23. The van der Waals surface area contributed by atoms with Crippen LogP contribution >= 0.6 is 11.3 Å². The normalized spacial score (nSPS) is 22.0. The SMILES string of the molecule is CC(c1nc2ccccc2s1)N(C)C(=O)C1CC1C(=O)O. The Kier molecular flexibility index (Phi) is 3.41. The molecule has 1 aliphatic carbocycles. The van der Waals surface area contributed by atoms with E-state index in [9.17, 15) is 9.59 Å². The van der Waals surface area contributed by atoms with Crippen LogP contribution in [0.3, 0.4) is 0 Å². The van der Waals surface area contributed by atoms with Crippen LogP contribution in [0.2, 0.25) is 0 Å². The molecule has 3 unspecified atom stereocenters. The van der Waals surface area contributed by atoms with Crippen molar-refractivity contribution in [1.29, 1.82) is 0 Å². The molecule has 2 aromatic rings. The number of fused-ring (bicyclic) bond motifs is 1. The number of carboxylic acid groups (broad SMARTS) is 1. The van der Waals surface area contributed by atoms with Crippen LogP contribution in [0.4, 0.5) is 0 Å². The second-order valence-corrected chi connectivity index (χ2v) is 6.49. The minimum Gasteiger partial charge on any atom is -0.481 e. The fraction of sp³-hybridized carbons (Fsp3) is 0.400. The second-order valence-electron chi connectivity index (χ2n) is 5.43. The highest BCUT2D eigenvalue weighted by atomic mass is 32.1. The van der Waals surface area contributed by atoms with E-state index in [2.05, 4.69) is 4.98 Å². The minimum absolute atomic E-state index is 0.103. The zero-order valence-corrected chi connectivity index (χ0v) is 12.6. The molecule has 6 heteroatoms. The molecule has 1 aromatic carbocycles. The Hall–Kier alpha value is -1.95. The van der Waals surface area contributed by atoms with Crippen molar-refractivity contribution in [3.63, 3.8) is 0 Å². The molecule has 1 aliphatic rings. The molecule has 1 amide bonds. The van der Waals surface area contributed by atoms with E-state index in [1.165, 1.54) is 0 Å². The Bertz CT molecular complexity index is 679. The quantitative estimate of drug-likeness (QED) is 0.942. The summed E-state index contributed by atoms with van der Waals surface area (Å²) in [5.41, 5.74) is 0.931. The summed E-state index contributed by atoms with van der Waals surface area (Å²) in [6, 6.07) is 7.71. The molecule has 3 rings (SSSR count). The molecule has 5 nitrogen and oxygen atoms in total. The predicted molar refractivity (Wildman–Crippen MR) is 80.0 cm³/mol. The third kappa shape index (κ3) is 2.51. The Morgan fingerprint density at radius 3 is 2.71 bits per heavy atom. The van der Waals surface area contributed by atoms with Gasteiger partial charge < -0.3 is 10.0 Å². The van der Waals surface area contributed by atoms with Gasteiger partial charge in [-0.05, 0) is 25.5 Å². The number of hydrogen-bond acceptors (Lipinski definition) is 4. The number of thiazole rings is 1. The number of aromatic nitrogens is 1. The summed E-state index contributed by atoms with van der Waals surface area (Å²) >= 11 is 1.57. The topological polar surface area (TPSA) is 70.5 Å². The summed E-state index contributed by atoms with van der Waals surface area (Å²) in [6.45, 7) is 1.92. The van der Waals surface area contributed by atoms with Crippen LogP contribution in [-0.4, -0.2) is 33.9 Å². The molecule has 0 spiro atoms. The average molecular weight is 304 g/mol. The van der Waals surface area contributed by atoms with Gasteiger partial charge in [-0.2, -0.15) is 0 Å². The average Bonchev–Trinajstić information content (AvgIpc) is 3.16. The number of benzene rings is 1. The van der Waals surface area contributed by atoms with Crippen LogP contribution in [0.1, 0.15) is 24.4 Å². The summed E-state index contributed by atoms with van der Waals surface area (Å²) < 4.78 is 1.09. The van der Waals surface area contributed by atoms with Gasteiger partial charge in [0.1, 0.15) is 5.01 Å². The lowest BCUT2D eigenvalue weighted by molar-refractivity contribution is -0.142. The van der Waals surface area contributed by atoms with Gasteiger partial charge >= 0.3 is 5.97 Å². The van der Waals surface area contributed by atoms with Crippen molar-refractivity contribution >= 4 is 33.4 Å². The monoisotopic (exact) mass is 304 g/mol. The predicted octanol–water partition coefficient (Wildman–Crippen LogP) is 2.54. The first kappa shape index (κ1) is 14.0. The number of carbonyl (C=O) groups excluding carboxylic acids is 1. The van der Waals surface area contributed by atoms with Crippen LogP contribution in [0.25, 0.3) is 10.2 Å². The number of carbonyl (C=O) groups is 2. The van der Waals surface area contributed by atoms with Crippen molar-refractivity contribution in [2.45, 2.75) is 19.4 Å². The number of para-hydroxylation sites is 1. The minimum atomic E-state index is -0.880. The second kappa shape index (κ2) is 5.11. The van der Waals surface area contributed by atoms with E-state index in [0.717, 1.165) is 15.2 Å². The Morgan fingerprint density at radius 2 is 2.10 bits per heavy atom. The van der Waals surface area contributed by atoms with Crippen LogP contribution in [0.5, 0.6) is 0 Å². The number of rotatable bonds is 4. The van der Waals surface area contributed by atoms with Crippen molar-refractivity contribution < 1.29 is 14.7 Å². The van der Waals surface area contributed by atoms with E-state index in [4.69, 9.17) is 5.11 Å². The van der Waals surface area contributed by atoms with Gasteiger partial charge in [-0.25, -0.2) is 4.98 Å². The van der Waals surface area contributed by atoms with Crippen molar-refractivity contribution in [1.82, 2.24) is 9.88 Å². The van der Waals surface area contributed by atoms with E-state index in [1.54, 1.807) is 23.3 Å². The summed E-state index contributed by atoms with van der Waals surface area (Å²) in [5, 5.41) is 9.80. The highest BCUT2D eigenvalue weighted by molar-refractivity contribution is 7.18. The number of aliphatic carboxylic acids is 1. The van der Waals surface area contributed by atoms with E-state index in [-0.39, 0.29) is 17.9 Å². The van der Waals surface area contributed by atoms with Gasteiger partial charge in [0.05, 0.1) is 28.1 Å². The number of hydrogen-bond donors (Lipinski definition) is 1. The van der Waals surface area contributed by atoms with Gasteiger partial charge in [-0.15, -0.1) is 11.3 Å². The lowest BCUT2D eigenvalue weighted by Crippen LogP contribution is -2.31. The maximum absolute atomic E-state index is 12.3. The van der Waals surface area contributed by atoms with Crippen LogP contribution in [0.15, 0.2) is 24.3 Å². The molecule has 1 fully saturated rings. The highest BCUT2D eigenvalue weighted by Crippen LogP contribution is 2.41. The van der Waals surface area contributed by atoms with Gasteiger partial charge in [0.15, 0.2) is 0 Å². The Balaban J connectivity index is 1.76. The molecule has 0 bridgehead atoms. The molecule has 1 aromatic heterocycles. The highest BCUT2D eigenvalue weighted by Gasteiger charge is 2.49. The maximum Gasteiger partial charge on any atom is 0.307 e. The molecule has 21 heavy (non-hydrogen) atoms. The molecule has 3 atom stereocenters. The molecule has 110 valence electrons. The molecule has 1 N–H and O–H groups in total. The van der Waals surface area contributed by atoms with Crippen LogP contribution < -0.4 is 0 Å². The molecule has 1 saturated carbocycles. The van der Waals surface area contributed by atoms with E-state index in [0.29, 0.717) is 6.42 Å². The smallest absolute Gasteiger partial charge is 0.307 e. The molecule has 1 heterocycles. The first-order chi connectivity index (χ1) is 9.99. The molecular weight excluding hydrogens is 288 g/mol. The fourth-order valence-corrected chi connectivity index (χ4v) is 3.49. The zero-order valence-electron chi connectivity index (χ0n) is 11.8. The molecular formula is C15H16N2O3S. The third-order valence-corrected chi connectivity index (χ3v) is 5.23. The molecule has 0 aliphatic heterocycles. The zero-order chi connectivity index (χ0) is 15.1. The number of amides is 1. The summed E-state index contributed by atoms with van der Waals surface area (Å²) in [5.74, 6) is -1.87. The van der Waals surface area contributed by atoms with Crippen molar-refractivity contribution in [2.75, 3.05) is 7.05 Å². The van der Waals surface area contributed by atoms with Gasteiger partial charge in [-0.1, -0.05) is 12.1 Å². The largest absolute Gasteiger partial charge is 0.481 e. The van der Waals surface area contributed by atoms with Crippen molar-refractivity contribution in [3.8, 4) is 0 Å². The molecule has 0 radical (unpaired) electrons. The van der Waals surface area contributed by atoms with Gasteiger partial charge in [0, 0.05) is 7.05 Å². The first-order valence-electron chi connectivity index (χ1n) is 6.84. The van der Waals surface area contributed by atoms with Gasteiger partial charge in [0.2, 0.25) is 5.91 Å². The van der Waals surface area contributed by atoms with Crippen molar-refractivity contribution in [2.24, 2.45) is 11.8 Å².